The number of halogens is 1. The van der Waals surface area contributed by atoms with Gasteiger partial charge in [-0.05, 0) is 69.7 Å². The summed E-state index contributed by atoms with van der Waals surface area (Å²) in [6.07, 6.45) is 0. The Bertz CT molecular complexity index is 1120. The van der Waals surface area contributed by atoms with Crippen LogP contribution in [0.25, 0.3) is 0 Å². The molecule has 5 heteroatoms. The van der Waals surface area contributed by atoms with Crippen LogP contribution in [-0.2, 0) is 5.54 Å². The lowest BCUT2D eigenvalue weighted by Crippen LogP contribution is -2.49. The summed E-state index contributed by atoms with van der Waals surface area (Å²) in [6, 6.07) is 16.3. The fraction of sp³-hybridized carbons (Fsp3) is 0.231. The third-order valence-electron chi connectivity index (χ3n) is 5.47. The van der Waals surface area contributed by atoms with Crippen molar-refractivity contribution < 1.29 is 18.7 Å². The Morgan fingerprint density at radius 1 is 0.935 bits per heavy atom. The van der Waals surface area contributed by atoms with Crippen molar-refractivity contribution in [2.24, 2.45) is 0 Å². The van der Waals surface area contributed by atoms with Gasteiger partial charge in [0.15, 0.2) is 5.78 Å². The van der Waals surface area contributed by atoms with Crippen molar-refractivity contribution in [3.63, 3.8) is 0 Å². The van der Waals surface area contributed by atoms with Crippen LogP contribution in [-0.4, -0.2) is 18.8 Å². The molecule has 0 radical (unpaired) electrons. The van der Waals surface area contributed by atoms with E-state index in [0.29, 0.717) is 28.0 Å². The molecule has 1 N–H and O–H groups in total. The minimum Gasteiger partial charge on any atom is -0.496 e. The van der Waals surface area contributed by atoms with Gasteiger partial charge >= 0.3 is 0 Å². The number of nitrogens with one attached hydrogen (secondary N) is 1. The molecule has 0 aromatic heterocycles. The zero-order valence-electron chi connectivity index (χ0n) is 18.4. The molecule has 0 bridgehead atoms. The normalized spacial score (nSPS) is 12.7. The third-order valence-corrected chi connectivity index (χ3v) is 5.47. The molecule has 0 aliphatic heterocycles. The van der Waals surface area contributed by atoms with Gasteiger partial charge in [0.1, 0.15) is 17.1 Å². The van der Waals surface area contributed by atoms with Crippen molar-refractivity contribution in [1.29, 1.82) is 0 Å². The van der Waals surface area contributed by atoms with E-state index in [1.807, 2.05) is 19.9 Å². The number of methoxy groups -OCH3 is 1. The topological polar surface area (TPSA) is 55.4 Å². The van der Waals surface area contributed by atoms with Crippen LogP contribution in [0.2, 0.25) is 0 Å². The summed E-state index contributed by atoms with van der Waals surface area (Å²) in [5, 5.41) is 2.91. The number of hydrogen-bond donors (Lipinski definition) is 1. The Morgan fingerprint density at radius 3 is 2.13 bits per heavy atom. The number of ketones is 1. The lowest BCUT2D eigenvalue weighted by Gasteiger charge is -2.31. The van der Waals surface area contributed by atoms with E-state index in [1.54, 1.807) is 44.2 Å². The number of aryl methyl sites for hydroxylation is 2. The first-order valence-electron chi connectivity index (χ1n) is 10.0. The first-order valence-corrected chi connectivity index (χ1v) is 10.0. The van der Waals surface area contributed by atoms with Crippen LogP contribution in [0, 0.1) is 26.6 Å². The van der Waals surface area contributed by atoms with Crippen LogP contribution in [0.4, 0.5) is 4.39 Å². The molecule has 3 rings (SSSR count). The summed E-state index contributed by atoms with van der Waals surface area (Å²) in [7, 11) is 1.54. The largest absolute Gasteiger partial charge is 0.496 e. The van der Waals surface area contributed by atoms with E-state index >= 15 is 0 Å². The molecule has 160 valence electrons. The van der Waals surface area contributed by atoms with Crippen LogP contribution in [0.3, 0.4) is 0 Å². The van der Waals surface area contributed by atoms with Gasteiger partial charge < -0.3 is 10.1 Å². The maximum atomic E-state index is 13.7. The van der Waals surface area contributed by atoms with Crippen LogP contribution in [0.15, 0.2) is 60.7 Å². The molecule has 0 saturated carbocycles. The van der Waals surface area contributed by atoms with Crippen molar-refractivity contribution in [2.75, 3.05) is 7.11 Å². The average molecular weight is 419 g/mol. The van der Waals surface area contributed by atoms with Gasteiger partial charge in [-0.2, -0.15) is 0 Å². The van der Waals surface area contributed by atoms with Gasteiger partial charge in [-0.3, -0.25) is 9.59 Å². The SMILES string of the molecule is COc1cccc(C(=O)NC(C)(C(=O)c2cc(C)cc(C)c2)c2ccc(F)cc2)c1C. The highest BCUT2D eigenvalue weighted by molar-refractivity contribution is 6.08. The van der Waals surface area contributed by atoms with Crippen molar-refractivity contribution in [3.8, 4) is 5.75 Å². The van der Waals surface area contributed by atoms with Crippen LogP contribution < -0.4 is 10.1 Å². The number of ether oxygens (including phenoxy) is 1. The van der Waals surface area contributed by atoms with E-state index in [-0.39, 0.29) is 5.78 Å². The third kappa shape index (κ3) is 4.50. The molecule has 31 heavy (non-hydrogen) atoms. The summed E-state index contributed by atoms with van der Waals surface area (Å²) in [4.78, 5) is 27.0. The van der Waals surface area contributed by atoms with Crippen molar-refractivity contribution in [1.82, 2.24) is 5.32 Å². The van der Waals surface area contributed by atoms with E-state index in [2.05, 4.69) is 5.32 Å². The smallest absolute Gasteiger partial charge is 0.252 e. The zero-order chi connectivity index (χ0) is 22.8. The van der Waals surface area contributed by atoms with Crippen LogP contribution >= 0.6 is 0 Å². The monoisotopic (exact) mass is 419 g/mol. The zero-order valence-corrected chi connectivity index (χ0v) is 18.4. The Labute approximate surface area is 182 Å². The Hall–Kier alpha value is -3.47. The highest BCUT2D eigenvalue weighted by Crippen LogP contribution is 2.29. The summed E-state index contributed by atoms with van der Waals surface area (Å²) >= 11 is 0. The van der Waals surface area contributed by atoms with Crippen LogP contribution in [0.1, 0.15) is 49.9 Å². The second-order valence-corrected chi connectivity index (χ2v) is 7.92. The fourth-order valence-corrected chi connectivity index (χ4v) is 3.81. The van der Waals surface area contributed by atoms with Crippen molar-refractivity contribution in [3.05, 3.63) is 99.9 Å². The molecule has 1 amide bonds. The van der Waals surface area contributed by atoms with Crippen molar-refractivity contribution >= 4 is 11.7 Å². The maximum absolute atomic E-state index is 13.7. The van der Waals surface area contributed by atoms with E-state index in [9.17, 15) is 14.0 Å². The second kappa shape index (κ2) is 8.72. The predicted octanol–water partition coefficient (Wildman–Crippen LogP) is 5.29. The van der Waals surface area contributed by atoms with Gasteiger partial charge in [0, 0.05) is 16.7 Å². The van der Waals surface area contributed by atoms with E-state index in [1.165, 1.54) is 31.4 Å². The molecule has 0 fully saturated rings. The van der Waals surface area contributed by atoms with Crippen molar-refractivity contribution in [2.45, 2.75) is 33.2 Å². The molecular formula is C26H26FNO3. The Morgan fingerprint density at radius 2 is 1.55 bits per heavy atom. The van der Waals surface area contributed by atoms with E-state index in [4.69, 9.17) is 4.74 Å². The number of rotatable bonds is 6. The quantitative estimate of drug-likeness (QED) is 0.553. The molecule has 0 heterocycles. The van der Waals surface area contributed by atoms with Gasteiger partial charge in [-0.15, -0.1) is 0 Å². The molecule has 0 aliphatic carbocycles. The maximum Gasteiger partial charge on any atom is 0.252 e. The van der Waals surface area contributed by atoms with Gasteiger partial charge in [0.25, 0.3) is 5.91 Å². The molecule has 3 aromatic carbocycles. The summed E-state index contributed by atoms with van der Waals surface area (Å²) in [6.45, 7) is 7.26. The molecular weight excluding hydrogens is 393 g/mol. The van der Waals surface area contributed by atoms with Gasteiger partial charge in [-0.1, -0.05) is 35.4 Å². The second-order valence-electron chi connectivity index (χ2n) is 7.92. The molecule has 4 nitrogen and oxygen atoms in total. The highest BCUT2D eigenvalue weighted by atomic mass is 19.1. The van der Waals surface area contributed by atoms with Gasteiger partial charge in [0.05, 0.1) is 7.11 Å². The van der Waals surface area contributed by atoms with Gasteiger partial charge in [0.2, 0.25) is 0 Å². The highest BCUT2D eigenvalue weighted by Gasteiger charge is 2.38. The number of hydrogen-bond acceptors (Lipinski definition) is 3. The molecule has 1 atom stereocenters. The lowest BCUT2D eigenvalue weighted by atomic mass is 9.83. The summed E-state index contributed by atoms with van der Waals surface area (Å²) in [5.74, 6) is -0.530. The summed E-state index contributed by atoms with van der Waals surface area (Å²) < 4.78 is 18.9. The first kappa shape index (κ1) is 22.2. The lowest BCUT2D eigenvalue weighted by molar-refractivity contribution is 0.0779. The Balaban J connectivity index is 2.09. The molecule has 3 aromatic rings. The number of benzene rings is 3. The molecule has 0 spiro atoms. The molecule has 0 aliphatic rings. The van der Waals surface area contributed by atoms with Gasteiger partial charge in [-0.25, -0.2) is 4.39 Å². The number of amides is 1. The standard InChI is InChI=1S/C26H26FNO3/c1-16-13-17(2)15-19(14-16)24(29)26(4,20-9-11-21(27)12-10-20)28-25(30)22-7-6-8-23(31-5)18(22)3/h6-15H,1-5H3,(H,28,30). The number of carbonyl (C=O) groups excluding carboxylic acids is 2. The number of Topliss-reactive ketones (excluding diaryl/α,β-unsaturated/α-hetero) is 1. The first-order chi connectivity index (χ1) is 14.7. The van der Waals surface area contributed by atoms with Crippen LogP contribution in [0.5, 0.6) is 5.75 Å². The molecule has 1 unspecified atom stereocenters. The minimum atomic E-state index is -1.40. The van der Waals surface area contributed by atoms with E-state index < -0.39 is 17.3 Å². The number of carbonyl (C=O) groups is 2. The average Bonchev–Trinajstić information content (AvgIpc) is 2.72. The Kier molecular flexibility index (Phi) is 6.25. The van der Waals surface area contributed by atoms with E-state index in [0.717, 1.165) is 11.1 Å². The predicted molar refractivity (Wildman–Crippen MR) is 119 cm³/mol. The minimum absolute atomic E-state index is 0.278. The molecule has 0 saturated heterocycles. The fourth-order valence-electron chi connectivity index (χ4n) is 3.81. The summed E-state index contributed by atoms with van der Waals surface area (Å²) in [5.41, 5.74) is 2.53.